The highest BCUT2D eigenvalue weighted by molar-refractivity contribution is 5.91. The summed E-state index contributed by atoms with van der Waals surface area (Å²) >= 11 is 0. The SMILES string of the molecule is COC(=O)C=Cc1ccccc1NC(=O)O. The zero-order valence-electron chi connectivity index (χ0n) is 8.64. The fourth-order valence-electron chi connectivity index (χ4n) is 1.10. The molecule has 1 aromatic carbocycles. The Morgan fingerprint density at radius 1 is 1.38 bits per heavy atom. The van der Waals surface area contributed by atoms with Gasteiger partial charge in [-0.15, -0.1) is 0 Å². The predicted molar refractivity (Wildman–Crippen MR) is 59.1 cm³/mol. The summed E-state index contributed by atoms with van der Waals surface area (Å²) in [6.07, 6.45) is 1.55. The third-order valence-corrected chi connectivity index (χ3v) is 1.80. The lowest BCUT2D eigenvalue weighted by atomic mass is 10.1. The Morgan fingerprint density at radius 3 is 2.69 bits per heavy atom. The normalized spacial score (nSPS) is 10.1. The third-order valence-electron chi connectivity index (χ3n) is 1.80. The van der Waals surface area contributed by atoms with Crippen LogP contribution in [0.15, 0.2) is 30.3 Å². The van der Waals surface area contributed by atoms with Crippen molar-refractivity contribution in [2.24, 2.45) is 0 Å². The molecule has 0 saturated heterocycles. The van der Waals surface area contributed by atoms with Crippen LogP contribution >= 0.6 is 0 Å². The highest BCUT2D eigenvalue weighted by atomic mass is 16.5. The second kappa shape index (κ2) is 5.55. The molecular weight excluding hydrogens is 210 g/mol. The first-order chi connectivity index (χ1) is 7.63. The zero-order valence-corrected chi connectivity index (χ0v) is 8.64. The molecule has 5 heteroatoms. The molecule has 0 aliphatic rings. The highest BCUT2D eigenvalue weighted by Gasteiger charge is 2.02. The van der Waals surface area contributed by atoms with E-state index in [-0.39, 0.29) is 0 Å². The lowest BCUT2D eigenvalue weighted by Gasteiger charge is -2.04. The lowest BCUT2D eigenvalue weighted by molar-refractivity contribution is -0.134. The minimum absolute atomic E-state index is 0.412. The van der Waals surface area contributed by atoms with Crippen molar-refractivity contribution >= 4 is 23.8 Å². The fourth-order valence-corrected chi connectivity index (χ4v) is 1.10. The van der Waals surface area contributed by atoms with Crippen molar-refractivity contribution in [3.05, 3.63) is 35.9 Å². The molecule has 84 valence electrons. The smallest absolute Gasteiger partial charge is 0.409 e. The van der Waals surface area contributed by atoms with E-state index in [1.807, 2.05) is 0 Å². The molecule has 2 N–H and O–H groups in total. The minimum atomic E-state index is -1.15. The summed E-state index contributed by atoms with van der Waals surface area (Å²) in [6.45, 7) is 0. The van der Waals surface area contributed by atoms with E-state index in [1.54, 1.807) is 24.3 Å². The highest BCUT2D eigenvalue weighted by Crippen LogP contribution is 2.16. The maximum atomic E-state index is 10.9. The summed E-state index contributed by atoms with van der Waals surface area (Å²) in [5, 5.41) is 10.8. The van der Waals surface area contributed by atoms with Gasteiger partial charge in [-0.25, -0.2) is 9.59 Å². The zero-order chi connectivity index (χ0) is 12.0. The Balaban J connectivity index is 2.90. The van der Waals surface area contributed by atoms with Crippen LogP contribution in [0.3, 0.4) is 0 Å². The number of para-hydroxylation sites is 1. The van der Waals surface area contributed by atoms with E-state index < -0.39 is 12.1 Å². The van der Waals surface area contributed by atoms with Crippen molar-refractivity contribution in [1.82, 2.24) is 0 Å². The number of ether oxygens (including phenoxy) is 1. The van der Waals surface area contributed by atoms with E-state index in [0.717, 1.165) is 0 Å². The summed E-state index contributed by atoms with van der Waals surface area (Å²) in [7, 11) is 1.27. The molecule has 0 aliphatic carbocycles. The summed E-state index contributed by atoms with van der Waals surface area (Å²) < 4.78 is 4.43. The molecule has 0 saturated carbocycles. The Labute approximate surface area is 92.3 Å². The number of benzene rings is 1. The third kappa shape index (κ3) is 3.45. The number of nitrogens with one attached hydrogen (secondary N) is 1. The van der Waals surface area contributed by atoms with Crippen LogP contribution in [0.5, 0.6) is 0 Å². The minimum Gasteiger partial charge on any atom is -0.466 e. The second-order valence-corrected chi connectivity index (χ2v) is 2.87. The first-order valence-corrected chi connectivity index (χ1v) is 4.48. The van der Waals surface area contributed by atoms with E-state index >= 15 is 0 Å². The molecule has 0 fully saturated rings. The molecule has 0 spiro atoms. The first-order valence-electron chi connectivity index (χ1n) is 4.48. The quantitative estimate of drug-likeness (QED) is 0.604. The van der Waals surface area contributed by atoms with Gasteiger partial charge in [0.2, 0.25) is 0 Å². The molecule has 0 aromatic heterocycles. The van der Waals surface area contributed by atoms with Gasteiger partial charge in [-0.2, -0.15) is 0 Å². The molecule has 0 bridgehead atoms. The first kappa shape index (κ1) is 11.8. The van der Waals surface area contributed by atoms with Crippen molar-refractivity contribution < 1.29 is 19.4 Å². The molecule has 1 amide bonds. The molecule has 0 atom stereocenters. The van der Waals surface area contributed by atoms with Crippen LogP contribution in [0, 0.1) is 0 Å². The summed E-state index contributed by atoms with van der Waals surface area (Å²) in [5.41, 5.74) is 1.01. The molecular formula is C11H11NO4. The van der Waals surface area contributed by atoms with Crippen molar-refractivity contribution in [2.45, 2.75) is 0 Å². The molecule has 0 aliphatic heterocycles. The second-order valence-electron chi connectivity index (χ2n) is 2.87. The van der Waals surface area contributed by atoms with Crippen molar-refractivity contribution in [3.63, 3.8) is 0 Å². The van der Waals surface area contributed by atoms with Gasteiger partial charge in [-0.1, -0.05) is 18.2 Å². The lowest BCUT2D eigenvalue weighted by Crippen LogP contribution is -2.08. The monoisotopic (exact) mass is 221 g/mol. The Morgan fingerprint density at radius 2 is 2.06 bits per heavy atom. The largest absolute Gasteiger partial charge is 0.466 e. The van der Waals surface area contributed by atoms with Gasteiger partial charge in [0.15, 0.2) is 0 Å². The van der Waals surface area contributed by atoms with Crippen molar-refractivity contribution in [2.75, 3.05) is 12.4 Å². The summed E-state index contributed by atoms with van der Waals surface area (Å²) in [4.78, 5) is 21.4. The van der Waals surface area contributed by atoms with Crippen LogP contribution in [0.1, 0.15) is 5.56 Å². The van der Waals surface area contributed by atoms with Crippen LogP contribution in [0.4, 0.5) is 10.5 Å². The maximum absolute atomic E-state index is 10.9. The number of anilines is 1. The van der Waals surface area contributed by atoms with Gasteiger partial charge in [0.1, 0.15) is 0 Å². The van der Waals surface area contributed by atoms with Crippen molar-refractivity contribution in [1.29, 1.82) is 0 Å². The van der Waals surface area contributed by atoms with Gasteiger partial charge in [0, 0.05) is 6.08 Å². The topological polar surface area (TPSA) is 75.6 Å². The Kier molecular flexibility index (Phi) is 4.08. The average Bonchev–Trinajstić information content (AvgIpc) is 2.26. The summed E-state index contributed by atoms with van der Waals surface area (Å²) in [5.74, 6) is -0.495. The Bertz CT molecular complexity index is 426. The summed E-state index contributed by atoms with van der Waals surface area (Å²) in [6, 6.07) is 6.72. The van der Waals surface area contributed by atoms with E-state index in [0.29, 0.717) is 11.3 Å². The molecule has 16 heavy (non-hydrogen) atoms. The molecule has 1 rings (SSSR count). The van der Waals surface area contributed by atoms with Gasteiger partial charge in [-0.3, -0.25) is 5.32 Å². The van der Waals surface area contributed by atoms with E-state index in [1.165, 1.54) is 19.3 Å². The van der Waals surface area contributed by atoms with Crippen molar-refractivity contribution in [3.8, 4) is 0 Å². The number of rotatable bonds is 3. The van der Waals surface area contributed by atoms with Gasteiger partial charge in [0.05, 0.1) is 12.8 Å². The van der Waals surface area contributed by atoms with Gasteiger partial charge in [0.25, 0.3) is 0 Å². The van der Waals surface area contributed by atoms with Crippen LogP contribution in [-0.2, 0) is 9.53 Å². The van der Waals surface area contributed by atoms with Crippen LogP contribution in [0.25, 0.3) is 6.08 Å². The number of hydrogen-bond donors (Lipinski definition) is 2. The fraction of sp³-hybridized carbons (Fsp3) is 0.0909. The number of hydrogen-bond acceptors (Lipinski definition) is 3. The molecule has 0 unspecified atom stereocenters. The maximum Gasteiger partial charge on any atom is 0.409 e. The number of carbonyl (C=O) groups excluding carboxylic acids is 1. The van der Waals surface area contributed by atoms with E-state index in [4.69, 9.17) is 5.11 Å². The molecule has 1 aromatic rings. The molecule has 0 heterocycles. The van der Waals surface area contributed by atoms with Crippen LogP contribution < -0.4 is 5.32 Å². The van der Waals surface area contributed by atoms with Crippen LogP contribution in [0.2, 0.25) is 0 Å². The Hall–Kier alpha value is -2.30. The number of carbonyl (C=O) groups is 2. The average molecular weight is 221 g/mol. The molecule has 0 radical (unpaired) electrons. The number of carboxylic acid groups (broad SMARTS) is 1. The van der Waals surface area contributed by atoms with E-state index in [9.17, 15) is 9.59 Å². The van der Waals surface area contributed by atoms with Gasteiger partial charge in [-0.05, 0) is 17.7 Å². The predicted octanol–water partition coefficient (Wildman–Crippen LogP) is 1.96. The van der Waals surface area contributed by atoms with Gasteiger partial charge < -0.3 is 9.84 Å². The van der Waals surface area contributed by atoms with Gasteiger partial charge >= 0.3 is 12.1 Å². The number of methoxy groups -OCH3 is 1. The number of esters is 1. The number of amides is 1. The molecule has 5 nitrogen and oxygen atoms in total. The standard InChI is InChI=1S/C11H11NO4/c1-16-10(13)7-6-8-4-2-3-5-9(8)12-11(14)15/h2-7,12H,1H3,(H,14,15). The van der Waals surface area contributed by atoms with Crippen LogP contribution in [-0.4, -0.2) is 24.3 Å². The van der Waals surface area contributed by atoms with E-state index in [2.05, 4.69) is 10.1 Å².